The summed E-state index contributed by atoms with van der Waals surface area (Å²) >= 11 is 1.47. The molecule has 0 bridgehead atoms. The van der Waals surface area contributed by atoms with Gasteiger partial charge in [0, 0.05) is 23.7 Å². The molecule has 0 aliphatic heterocycles. The van der Waals surface area contributed by atoms with E-state index in [1.807, 2.05) is 49.4 Å². The number of aromatic amines is 1. The molecular weight excluding hydrogens is 412 g/mol. The summed E-state index contributed by atoms with van der Waals surface area (Å²) in [5, 5.41) is 4.71. The molecule has 1 aromatic carbocycles. The van der Waals surface area contributed by atoms with E-state index < -0.39 is 0 Å². The normalized spacial score (nSPS) is 11.3. The highest BCUT2D eigenvalue weighted by molar-refractivity contribution is 7.98. The molecule has 0 spiro atoms. The molecule has 156 valence electrons. The Balaban J connectivity index is 1.71. The second kappa shape index (κ2) is 8.97. The fourth-order valence-electron chi connectivity index (χ4n) is 3.03. The molecule has 31 heavy (non-hydrogen) atoms. The maximum Gasteiger partial charge on any atom is 0.267 e. The van der Waals surface area contributed by atoms with Crippen molar-refractivity contribution >= 4 is 29.6 Å². The SMILES string of the molecule is Cc1cc(=O)[nH]c(N/N=C/c2c(SCc3ccccc3)nc3c(C)cccn3c2=O)n1. The summed E-state index contributed by atoms with van der Waals surface area (Å²) in [5.41, 5.74) is 5.73. The molecule has 0 radical (unpaired) electrons. The molecule has 0 amide bonds. The highest BCUT2D eigenvalue weighted by Gasteiger charge is 2.13. The Morgan fingerprint density at radius 2 is 1.94 bits per heavy atom. The van der Waals surface area contributed by atoms with Crippen LogP contribution in [0.3, 0.4) is 0 Å². The third-order valence-corrected chi connectivity index (χ3v) is 5.56. The fourth-order valence-corrected chi connectivity index (χ4v) is 3.97. The topological polar surface area (TPSA) is 105 Å². The van der Waals surface area contributed by atoms with E-state index in [2.05, 4.69) is 20.5 Å². The van der Waals surface area contributed by atoms with Crippen molar-refractivity contribution in [2.24, 2.45) is 5.10 Å². The van der Waals surface area contributed by atoms with Gasteiger partial charge in [-0.05, 0) is 31.0 Å². The van der Waals surface area contributed by atoms with E-state index in [1.54, 1.807) is 13.1 Å². The van der Waals surface area contributed by atoms with Gasteiger partial charge in [0.15, 0.2) is 0 Å². The van der Waals surface area contributed by atoms with Crippen LogP contribution < -0.4 is 16.5 Å². The van der Waals surface area contributed by atoms with Gasteiger partial charge < -0.3 is 0 Å². The third-order valence-electron chi connectivity index (χ3n) is 4.50. The Hall–Kier alpha value is -3.72. The van der Waals surface area contributed by atoms with Gasteiger partial charge in [0.25, 0.3) is 11.1 Å². The van der Waals surface area contributed by atoms with Crippen molar-refractivity contribution in [1.82, 2.24) is 19.4 Å². The average molecular weight is 433 g/mol. The smallest absolute Gasteiger partial charge is 0.267 e. The van der Waals surface area contributed by atoms with Crippen molar-refractivity contribution in [3.63, 3.8) is 0 Å². The van der Waals surface area contributed by atoms with Crippen molar-refractivity contribution < 1.29 is 0 Å². The highest BCUT2D eigenvalue weighted by atomic mass is 32.2. The maximum atomic E-state index is 13.2. The van der Waals surface area contributed by atoms with Gasteiger partial charge in [0.05, 0.1) is 11.8 Å². The first-order valence-electron chi connectivity index (χ1n) is 9.57. The highest BCUT2D eigenvalue weighted by Crippen LogP contribution is 2.23. The predicted octanol–water partition coefficient (Wildman–Crippen LogP) is 3.13. The van der Waals surface area contributed by atoms with E-state index in [0.717, 1.165) is 11.1 Å². The molecule has 3 heterocycles. The van der Waals surface area contributed by atoms with Gasteiger partial charge in [-0.15, -0.1) is 11.8 Å². The fraction of sp³-hybridized carbons (Fsp3) is 0.136. The van der Waals surface area contributed by atoms with Gasteiger partial charge in [-0.1, -0.05) is 36.4 Å². The molecular formula is C22H20N6O2S. The van der Waals surface area contributed by atoms with Gasteiger partial charge in [0.1, 0.15) is 10.7 Å². The van der Waals surface area contributed by atoms with Crippen LogP contribution in [0.2, 0.25) is 0 Å². The molecule has 0 aliphatic rings. The number of benzene rings is 1. The van der Waals surface area contributed by atoms with E-state index >= 15 is 0 Å². The van der Waals surface area contributed by atoms with Gasteiger partial charge in [-0.3, -0.25) is 19.0 Å². The van der Waals surface area contributed by atoms with Gasteiger partial charge in [-0.25, -0.2) is 15.4 Å². The minimum Gasteiger partial charge on any atom is -0.291 e. The number of nitrogens with one attached hydrogen (secondary N) is 2. The zero-order valence-corrected chi connectivity index (χ0v) is 17.8. The first kappa shape index (κ1) is 20.5. The Kier molecular flexibility index (Phi) is 5.94. The zero-order valence-electron chi connectivity index (χ0n) is 17.0. The number of hydrogen-bond donors (Lipinski definition) is 2. The number of aryl methyl sites for hydroxylation is 2. The van der Waals surface area contributed by atoms with Crippen LogP contribution in [0, 0.1) is 13.8 Å². The molecule has 0 saturated heterocycles. The van der Waals surface area contributed by atoms with Gasteiger partial charge >= 0.3 is 0 Å². The lowest BCUT2D eigenvalue weighted by molar-refractivity contribution is 0.966. The quantitative estimate of drug-likeness (QED) is 0.210. The summed E-state index contributed by atoms with van der Waals surface area (Å²) in [6.07, 6.45) is 3.10. The Bertz CT molecular complexity index is 1380. The predicted molar refractivity (Wildman–Crippen MR) is 123 cm³/mol. The van der Waals surface area contributed by atoms with Crippen LogP contribution in [-0.4, -0.2) is 25.6 Å². The maximum absolute atomic E-state index is 13.2. The monoisotopic (exact) mass is 432 g/mol. The van der Waals surface area contributed by atoms with Crippen LogP contribution in [0.5, 0.6) is 0 Å². The van der Waals surface area contributed by atoms with E-state index in [0.29, 0.717) is 27.7 Å². The van der Waals surface area contributed by atoms with E-state index in [4.69, 9.17) is 4.98 Å². The minimum atomic E-state index is -0.285. The molecule has 0 atom stereocenters. The Morgan fingerprint density at radius 3 is 2.71 bits per heavy atom. The number of rotatable bonds is 6. The summed E-state index contributed by atoms with van der Waals surface area (Å²) in [6, 6.07) is 15.1. The number of fused-ring (bicyclic) bond motifs is 1. The van der Waals surface area contributed by atoms with Crippen LogP contribution in [0.25, 0.3) is 5.65 Å². The molecule has 4 rings (SSSR count). The lowest BCUT2D eigenvalue weighted by atomic mass is 10.2. The van der Waals surface area contributed by atoms with E-state index in [1.165, 1.54) is 28.4 Å². The molecule has 9 heteroatoms. The second-order valence-corrected chi connectivity index (χ2v) is 7.86. The second-order valence-electron chi connectivity index (χ2n) is 6.90. The van der Waals surface area contributed by atoms with Crippen LogP contribution in [0.1, 0.15) is 22.4 Å². The summed E-state index contributed by atoms with van der Waals surface area (Å²) in [5.74, 6) is 0.862. The molecule has 3 aromatic heterocycles. The third kappa shape index (κ3) is 4.72. The summed E-state index contributed by atoms with van der Waals surface area (Å²) in [6.45, 7) is 3.63. The average Bonchev–Trinajstić information content (AvgIpc) is 2.75. The largest absolute Gasteiger partial charge is 0.291 e. The molecule has 0 unspecified atom stereocenters. The molecule has 2 N–H and O–H groups in total. The first-order chi connectivity index (χ1) is 15.0. The van der Waals surface area contributed by atoms with E-state index in [9.17, 15) is 9.59 Å². The van der Waals surface area contributed by atoms with Crippen LogP contribution >= 0.6 is 11.8 Å². The minimum absolute atomic E-state index is 0.199. The lowest BCUT2D eigenvalue weighted by Crippen LogP contribution is -2.21. The van der Waals surface area contributed by atoms with Crippen LogP contribution in [0.4, 0.5) is 5.95 Å². The lowest BCUT2D eigenvalue weighted by Gasteiger charge is -2.09. The summed E-state index contributed by atoms with van der Waals surface area (Å²) in [7, 11) is 0. The Labute approximate surface area is 182 Å². The van der Waals surface area contributed by atoms with Crippen molar-refractivity contribution in [2.75, 3.05) is 5.43 Å². The standard InChI is InChI=1S/C22H20N6O2S/c1-14-7-6-10-28-19(14)26-20(31-13-16-8-4-3-5-9-16)17(21(28)30)12-23-27-22-24-15(2)11-18(29)25-22/h3-12H,13H2,1-2H3,(H2,24,25,27,29)/b23-12+. The van der Waals surface area contributed by atoms with Crippen LogP contribution in [-0.2, 0) is 5.75 Å². The molecule has 4 aromatic rings. The van der Waals surface area contributed by atoms with E-state index in [-0.39, 0.29) is 17.1 Å². The number of pyridine rings is 1. The number of nitrogens with zero attached hydrogens (tertiary/aromatic N) is 4. The van der Waals surface area contributed by atoms with Crippen molar-refractivity contribution in [2.45, 2.75) is 24.6 Å². The molecule has 0 aliphatic carbocycles. The van der Waals surface area contributed by atoms with Crippen LogP contribution in [0.15, 0.2) is 74.4 Å². The number of hydrazone groups is 1. The Morgan fingerprint density at radius 1 is 1.13 bits per heavy atom. The van der Waals surface area contributed by atoms with Crippen molar-refractivity contribution in [1.29, 1.82) is 0 Å². The number of H-pyrrole nitrogens is 1. The first-order valence-corrected chi connectivity index (χ1v) is 10.6. The number of anilines is 1. The van der Waals surface area contributed by atoms with Gasteiger partial charge in [0.2, 0.25) is 5.95 Å². The molecule has 0 fully saturated rings. The zero-order chi connectivity index (χ0) is 21.8. The summed E-state index contributed by atoms with van der Waals surface area (Å²) < 4.78 is 1.51. The summed E-state index contributed by atoms with van der Waals surface area (Å²) in [4.78, 5) is 36.2. The van der Waals surface area contributed by atoms with Crippen molar-refractivity contribution in [3.8, 4) is 0 Å². The number of hydrogen-bond acceptors (Lipinski definition) is 7. The molecule has 8 nitrogen and oxygen atoms in total. The molecule has 0 saturated carbocycles. The van der Waals surface area contributed by atoms with Crippen molar-refractivity contribution in [3.05, 3.63) is 97.8 Å². The van der Waals surface area contributed by atoms with Gasteiger partial charge in [-0.2, -0.15) is 5.10 Å². The number of aromatic nitrogens is 4. The number of thioether (sulfide) groups is 1.